The molecule has 2 atom stereocenters. The van der Waals surface area contributed by atoms with Crippen LogP contribution in [0.4, 0.5) is 14.5 Å². The molecule has 174 valence electrons. The largest absolute Gasteiger partial charge is 0.337 e. The minimum atomic E-state index is -3.25. The van der Waals surface area contributed by atoms with E-state index in [4.69, 9.17) is 16.5 Å². The molecule has 1 aliphatic rings. The monoisotopic (exact) mass is 473 g/mol. The molecule has 0 saturated carbocycles. The SMILES string of the molecule is CS(=O)(=O)CCN1C(N)c2nc(-c3ccc(F)cc3)ccc2N(Cc2ccc(F)cc2)C1N. The number of pyridine rings is 1. The van der Waals surface area contributed by atoms with Crippen molar-refractivity contribution >= 4 is 15.5 Å². The summed E-state index contributed by atoms with van der Waals surface area (Å²) in [6.45, 7) is 0.455. The molecule has 0 amide bonds. The van der Waals surface area contributed by atoms with Gasteiger partial charge in [0.1, 0.15) is 33.9 Å². The fraction of sp³-hybridized carbons (Fsp3) is 0.261. The first-order valence-corrected chi connectivity index (χ1v) is 12.4. The van der Waals surface area contributed by atoms with E-state index in [9.17, 15) is 17.2 Å². The first kappa shape index (κ1) is 23.2. The van der Waals surface area contributed by atoms with Crippen molar-refractivity contribution in [1.29, 1.82) is 0 Å². The maximum absolute atomic E-state index is 13.4. The van der Waals surface area contributed by atoms with Crippen molar-refractivity contribution in [2.45, 2.75) is 19.0 Å². The second-order valence-corrected chi connectivity index (χ2v) is 10.3. The predicted molar refractivity (Wildman–Crippen MR) is 124 cm³/mol. The first-order chi connectivity index (χ1) is 15.6. The van der Waals surface area contributed by atoms with Crippen LogP contribution in [0.1, 0.15) is 17.4 Å². The average molecular weight is 474 g/mol. The van der Waals surface area contributed by atoms with Crippen LogP contribution in [0.15, 0.2) is 60.7 Å². The summed E-state index contributed by atoms with van der Waals surface area (Å²) in [6, 6.07) is 15.7. The van der Waals surface area contributed by atoms with Gasteiger partial charge < -0.3 is 10.6 Å². The molecular formula is C23H25F2N5O2S. The number of hydrogen-bond acceptors (Lipinski definition) is 7. The number of nitrogens with two attached hydrogens (primary N) is 2. The second kappa shape index (κ2) is 9.14. The van der Waals surface area contributed by atoms with Gasteiger partial charge in [0, 0.05) is 24.9 Å². The number of fused-ring (bicyclic) bond motifs is 1. The number of nitrogens with zero attached hydrogens (tertiary/aromatic N) is 3. The Morgan fingerprint density at radius 3 is 2.15 bits per heavy atom. The van der Waals surface area contributed by atoms with E-state index in [0.29, 0.717) is 29.2 Å². The molecule has 0 spiro atoms. The summed E-state index contributed by atoms with van der Waals surface area (Å²) < 4.78 is 50.3. The molecule has 0 radical (unpaired) electrons. The van der Waals surface area contributed by atoms with Crippen LogP contribution in [0, 0.1) is 11.6 Å². The number of rotatable bonds is 6. The number of benzene rings is 2. The third kappa shape index (κ3) is 5.19. The van der Waals surface area contributed by atoms with Gasteiger partial charge in [0.2, 0.25) is 0 Å². The van der Waals surface area contributed by atoms with E-state index in [1.165, 1.54) is 24.3 Å². The summed E-state index contributed by atoms with van der Waals surface area (Å²) in [5.74, 6) is -0.813. The summed E-state index contributed by atoms with van der Waals surface area (Å²) in [7, 11) is -3.25. The molecule has 3 aromatic rings. The molecular weight excluding hydrogens is 448 g/mol. The number of sulfone groups is 1. The highest BCUT2D eigenvalue weighted by Crippen LogP contribution is 2.36. The van der Waals surface area contributed by atoms with E-state index in [-0.39, 0.29) is 23.9 Å². The van der Waals surface area contributed by atoms with Gasteiger partial charge in [-0.3, -0.25) is 5.73 Å². The highest BCUT2D eigenvalue weighted by molar-refractivity contribution is 7.90. The van der Waals surface area contributed by atoms with Crippen molar-refractivity contribution in [3.8, 4) is 11.3 Å². The minimum absolute atomic E-state index is 0.114. The molecule has 1 aromatic heterocycles. The highest BCUT2D eigenvalue weighted by Gasteiger charge is 2.37. The van der Waals surface area contributed by atoms with Crippen LogP contribution < -0.4 is 16.4 Å². The standard InChI is InChI=1S/C23H25F2N5O2S/c1-33(31,32)13-12-29-22(26)21-20(11-10-19(28-21)16-4-8-18(25)9-5-16)30(23(29)27)14-15-2-6-17(24)7-3-15/h2-11,22-23H,12-14,26-27H2,1H3. The molecule has 0 saturated heterocycles. The molecule has 2 aromatic carbocycles. The lowest BCUT2D eigenvalue weighted by Gasteiger charge is -2.46. The van der Waals surface area contributed by atoms with Gasteiger partial charge in [-0.05, 0) is 54.1 Å². The zero-order valence-electron chi connectivity index (χ0n) is 18.0. The van der Waals surface area contributed by atoms with Crippen LogP contribution in [0.3, 0.4) is 0 Å². The maximum atomic E-state index is 13.4. The molecule has 2 heterocycles. The Kier molecular flexibility index (Phi) is 6.44. The van der Waals surface area contributed by atoms with Crippen molar-refractivity contribution in [3.63, 3.8) is 0 Å². The Hall–Kier alpha value is -2.92. The smallest absolute Gasteiger partial charge is 0.148 e. The number of hydrogen-bond donors (Lipinski definition) is 2. The summed E-state index contributed by atoms with van der Waals surface area (Å²) in [6.07, 6.45) is -0.317. The van der Waals surface area contributed by atoms with Crippen LogP contribution in [0.25, 0.3) is 11.3 Å². The molecule has 0 aliphatic carbocycles. The molecule has 4 N–H and O–H groups in total. The van der Waals surface area contributed by atoms with E-state index in [2.05, 4.69) is 0 Å². The summed E-state index contributed by atoms with van der Waals surface area (Å²) in [4.78, 5) is 8.27. The topological polar surface area (TPSA) is 106 Å². The lowest BCUT2D eigenvalue weighted by Crippen LogP contribution is -2.61. The van der Waals surface area contributed by atoms with Gasteiger partial charge >= 0.3 is 0 Å². The number of aromatic nitrogens is 1. The third-order valence-electron chi connectivity index (χ3n) is 5.63. The Morgan fingerprint density at radius 2 is 1.55 bits per heavy atom. The fourth-order valence-electron chi connectivity index (χ4n) is 3.86. The Labute approximate surface area is 191 Å². The molecule has 4 rings (SSSR count). The molecule has 7 nitrogen and oxygen atoms in total. The van der Waals surface area contributed by atoms with Gasteiger partial charge in [-0.2, -0.15) is 0 Å². The van der Waals surface area contributed by atoms with Gasteiger partial charge in [-0.15, -0.1) is 0 Å². The van der Waals surface area contributed by atoms with Crippen molar-refractivity contribution < 1.29 is 17.2 Å². The van der Waals surface area contributed by atoms with Crippen LogP contribution in [-0.4, -0.2) is 43.1 Å². The fourth-order valence-corrected chi connectivity index (χ4v) is 4.40. The van der Waals surface area contributed by atoms with Gasteiger partial charge in [0.05, 0.1) is 22.8 Å². The molecule has 0 bridgehead atoms. The van der Waals surface area contributed by atoms with Gasteiger partial charge in [-0.1, -0.05) is 12.1 Å². The number of anilines is 1. The van der Waals surface area contributed by atoms with Gasteiger partial charge in [0.25, 0.3) is 0 Å². The molecule has 1 aliphatic heterocycles. The van der Waals surface area contributed by atoms with Gasteiger partial charge in [-0.25, -0.2) is 27.1 Å². The Morgan fingerprint density at radius 1 is 0.939 bits per heavy atom. The predicted octanol–water partition coefficient (Wildman–Crippen LogP) is 2.59. The lowest BCUT2D eigenvalue weighted by atomic mass is 10.1. The van der Waals surface area contributed by atoms with E-state index in [0.717, 1.165) is 11.8 Å². The summed E-state index contributed by atoms with van der Waals surface area (Å²) in [5.41, 5.74) is 16.4. The second-order valence-electron chi connectivity index (χ2n) is 8.09. The van der Waals surface area contributed by atoms with Crippen LogP contribution in [0.2, 0.25) is 0 Å². The normalized spacial score (nSPS) is 18.9. The molecule has 33 heavy (non-hydrogen) atoms. The van der Waals surface area contributed by atoms with Crippen molar-refractivity contribution in [3.05, 3.63) is 83.6 Å². The number of halogens is 2. The van der Waals surface area contributed by atoms with Crippen molar-refractivity contribution in [1.82, 2.24) is 9.88 Å². The Bertz CT molecular complexity index is 1240. The first-order valence-electron chi connectivity index (χ1n) is 10.3. The Balaban J connectivity index is 1.75. The average Bonchev–Trinajstić information content (AvgIpc) is 2.77. The third-order valence-corrected chi connectivity index (χ3v) is 6.56. The zero-order valence-corrected chi connectivity index (χ0v) is 18.8. The molecule has 10 heteroatoms. The lowest BCUT2D eigenvalue weighted by molar-refractivity contribution is 0.127. The molecule has 2 unspecified atom stereocenters. The van der Waals surface area contributed by atoms with Crippen LogP contribution in [0.5, 0.6) is 0 Å². The molecule has 0 fully saturated rings. The maximum Gasteiger partial charge on any atom is 0.148 e. The van der Waals surface area contributed by atoms with Crippen molar-refractivity contribution in [2.24, 2.45) is 11.5 Å². The van der Waals surface area contributed by atoms with Gasteiger partial charge in [0.15, 0.2) is 0 Å². The van der Waals surface area contributed by atoms with E-state index >= 15 is 0 Å². The summed E-state index contributed by atoms with van der Waals surface area (Å²) >= 11 is 0. The quantitative estimate of drug-likeness (QED) is 0.567. The highest BCUT2D eigenvalue weighted by atomic mass is 32.2. The van der Waals surface area contributed by atoms with Crippen LogP contribution in [-0.2, 0) is 16.4 Å². The van der Waals surface area contributed by atoms with E-state index in [1.54, 1.807) is 35.2 Å². The summed E-state index contributed by atoms with van der Waals surface area (Å²) in [5, 5.41) is 0. The van der Waals surface area contributed by atoms with Crippen LogP contribution >= 0.6 is 0 Å². The van der Waals surface area contributed by atoms with E-state index < -0.39 is 22.3 Å². The van der Waals surface area contributed by atoms with E-state index in [1.807, 2.05) is 11.0 Å². The zero-order chi connectivity index (χ0) is 23.8. The minimum Gasteiger partial charge on any atom is -0.337 e. The van der Waals surface area contributed by atoms with Crippen molar-refractivity contribution in [2.75, 3.05) is 23.5 Å².